The van der Waals surface area contributed by atoms with E-state index in [-0.39, 0.29) is 36.5 Å². The van der Waals surface area contributed by atoms with Gasteiger partial charge in [-0.05, 0) is 39.0 Å². The molecule has 1 amide bonds. The maximum absolute atomic E-state index is 12.8. The quantitative estimate of drug-likeness (QED) is 0.517. The number of fused-ring (bicyclic) bond motifs is 2. The Labute approximate surface area is 178 Å². The highest BCUT2D eigenvalue weighted by Crippen LogP contribution is 2.16. The van der Waals surface area contributed by atoms with E-state index in [1.165, 1.54) is 9.25 Å². The van der Waals surface area contributed by atoms with Crippen LogP contribution in [-0.2, 0) is 17.8 Å². The first-order valence-electron chi connectivity index (χ1n) is 10.2. The molecule has 4 rings (SSSR count). The Morgan fingerprint density at radius 2 is 1.71 bits per heavy atom. The molecule has 0 aliphatic rings. The number of oxazole rings is 1. The fraction of sp³-hybridized carbons (Fsp3) is 0.304. The number of hydrogen-bond donors (Lipinski definition) is 1. The number of carbonyl (C=O) groups is 1. The van der Waals surface area contributed by atoms with Crippen LogP contribution in [0.4, 0.5) is 0 Å². The summed E-state index contributed by atoms with van der Waals surface area (Å²) in [5, 5.41) is 8.58. The molecule has 0 fully saturated rings. The van der Waals surface area contributed by atoms with Crippen molar-refractivity contribution in [2.45, 2.75) is 45.8 Å². The van der Waals surface area contributed by atoms with Gasteiger partial charge in [0.05, 0.1) is 29.1 Å². The van der Waals surface area contributed by atoms with Crippen LogP contribution in [-0.4, -0.2) is 26.3 Å². The largest absolute Gasteiger partial charge is 0.420 e. The van der Waals surface area contributed by atoms with Gasteiger partial charge in [0, 0.05) is 18.0 Å². The maximum Gasteiger partial charge on any atom is 0.420 e. The Morgan fingerprint density at radius 3 is 2.45 bits per heavy atom. The highest BCUT2D eigenvalue weighted by atomic mass is 16.4. The minimum atomic E-state index is -0.459. The van der Waals surface area contributed by atoms with Crippen LogP contribution in [0.15, 0.2) is 62.5 Å². The number of carbonyl (C=O) groups excluding carboxylic acids is 1. The van der Waals surface area contributed by atoms with Crippen LogP contribution >= 0.6 is 0 Å². The summed E-state index contributed by atoms with van der Waals surface area (Å²) in [4.78, 5) is 37.6. The molecule has 8 nitrogen and oxygen atoms in total. The van der Waals surface area contributed by atoms with Crippen LogP contribution in [0.1, 0.15) is 32.5 Å². The molecule has 1 atom stereocenters. The van der Waals surface area contributed by atoms with Gasteiger partial charge in [-0.1, -0.05) is 30.3 Å². The summed E-state index contributed by atoms with van der Waals surface area (Å²) in [6.07, 6.45) is 0.0267. The van der Waals surface area contributed by atoms with E-state index in [1.807, 2.05) is 32.9 Å². The highest BCUT2D eigenvalue weighted by molar-refractivity contribution is 5.88. The van der Waals surface area contributed by atoms with E-state index in [9.17, 15) is 14.4 Å². The second-order valence-corrected chi connectivity index (χ2v) is 7.93. The van der Waals surface area contributed by atoms with Gasteiger partial charge in [0.15, 0.2) is 5.58 Å². The summed E-state index contributed by atoms with van der Waals surface area (Å²) in [6, 6.07) is 13.9. The second kappa shape index (κ2) is 8.22. The lowest BCUT2D eigenvalue weighted by atomic mass is 10.1. The Morgan fingerprint density at radius 1 is 1.03 bits per heavy atom. The van der Waals surface area contributed by atoms with Gasteiger partial charge < -0.3 is 9.73 Å². The highest BCUT2D eigenvalue weighted by Gasteiger charge is 2.17. The Balaban J connectivity index is 1.55. The van der Waals surface area contributed by atoms with Crippen molar-refractivity contribution in [3.8, 4) is 0 Å². The summed E-state index contributed by atoms with van der Waals surface area (Å²) in [7, 11) is 0. The molecule has 0 saturated carbocycles. The molecule has 8 heteroatoms. The Kier molecular flexibility index (Phi) is 5.46. The van der Waals surface area contributed by atoms with Crippen molar-refractivity contribution in [2.75, 3.05) is 0 Å². The molecule has 0 saturated heterocycles. The molecule has 0 aliphatic carbocycles. The summed E-state index contributed by atoms with van der Waals surface area (Å²) in [5.41, 5.74) is 1.57. The zero-order valence-electron chi connectivity index (χ0n) is 17.7. The molecular weight excluding hydrogens is 396 g/mol. The number of nitrogens with zero attached hydrogens (tertiary/aromatic N) is 3. The summed E-state index contributed by atoms with van der Waals surface area (Å²) < 4.78 is 8.16. The van der Waals surface area contributed by atoms with Gasteiger partial charge in [0.2, 0.25) is 5.91 Å². The van der Waals surface area contributed by atoms with Gasteiger partial charge >= 0.3 is 5.76 Å². The second-order valence-electron chi connectivity index (χ2n) is 7.93. The normalized spacial score (nSPS) is 12.5. The van der Waals surface area contributed by atoms with E-state index in [0.717, 1.165) is 0 Å². The monoisotopic (exact) mass is 420 g/mol. The zero-order chi connectivity index (χ0) is 22.1. The molecular formula is C23H24N4O4. The Bertz CT molecular complexity index is 1380. The van der Waals surface area contributed by atoms with Gasteiger partial charge in [0.1, 0.15) is 0 Å². The molecule has 0 radical (unpaired) electrons. The topological polar surface area (TPSA) is 99.1 Å². The van der Waals surface area contributed by atoms with Gasteiger partial charge in [-0.25, -0.2) is 9.48 Å². The van der Waals surface area contributed by atoms with Crippen LogP contribution < -0.4 is 16.6 Å². The third-order valence-corrected chi connectivity index (χ3v) is 5.16. The first-order valence-corrected chi connectivity index (χ1v) is 10.2. The molecule has 31 heavy (non-hydrogen) atoms. The van der Waals surface area contributed by atoms with Crippen molar-refractivity contribution < 1.29 is 9.21 Å². The van der Waals surface area contributed by atoms with Gasteiger partial charge in [-0.15, -0.1) is 0 Å². The van der Waals surface area contributed by atoms with Crippen LogP contribution in [0.25, 0.3) is 21.9 Å². The summed E-state index contributed by atoms with van der Waals surface area (Å²) in [6.45, 7) is 5.86. The number of amides is 1. The third-order valence-electron chi connectivity index (χ3n) is 5.16. The van der Waals surface area contributed by atoms with Crippen molar-refractivity contribution in [3.63, 3.8) is 0 Å². The van der Waals surface area contributed by atoms with Crippen LogP contribution in [0.3, 0.4) is 0 Å². The molecule has 0 bridgehead atoms. The summed E-state index contributed by atoms with van der Waals surface area (Å²) >= 11 is 0. The molecule has 2 aromatic heterocycles. The molecule has 1 N–H and O–H groups in total. The number of para-hydroxylation sites is 2. The fourth-order valence-electron chi connectivity index (χ4n) is 3.74. The number of aromatic nitrogens is 3. The number of hydrogen-bond acceptors (Lipinski definition) is 5. The average molecular weight is 420 g/mol. The minimum Gasteiger partial charge on any atom is -0.408 e. The summed E-state index contributed by atoms with van der Waals surface area (Å²) in [5.74, 6) is -0.695. The van der Waals surface area contributed by atoms with E-state index >= 15 is 0 Å². The van der Waals surface area contributed by atoms with E-state index in [2.05, 4.69) is 10.4 Å². The van der Waals surface area contributed by atoms with E-state index < -0.39 is 5.76 Å². The first-order chi connectivity index (χ1) is 14.8. The Hall–Kier alpha value is -3.68. The predicted octanol–water partition coefficient (Wildman–Crippen LogP) is 2.63. The molecule has 160 valence electrons. The van der Waals surface area contributed by atoms with E-state index in [0.29, 0.717) is 27.6 Å². The lowest BCUT2D eigenvalue weighted by molar-refractivity contribution is -0.121. The molecule has 0 spiro atoms. The van der Waals surface area contributed by atoms with Crippen molar-refractivity contribution >= 4 is 27.8 Å². The van der Waals surface area contributed by atoms with Gasteiger partial charge in [-0.2, -0.15) is 5.10 Å². The van der Waals surface area contributed by atoms with Crippen molar-refractivity contribution in [1.82, 2.24) is 19.7 Å². The standard InChI is InChI=1S/C23H24N4O4/c1-14(2)27-22(29)17-9-5-4-8-16(17)18(25-27)12-21(28)24-15(3)13-26-19-10-6-7-11-20(19)31-23(26)30/h4-11,14-15H,12-13H2,1-3H3,(H,24,28)/t15-/m0/s1. The molecule has 0 aliphatic heterocycles. The molecule has 0 unspecified atom stereocenters. The third kappa shape index (κ3) is 4.01. The predicted molar refractivity (Wildman–Crippen MR) is 118 cm³/mol. The van der Waals surface area contributed by atoms with Crippen LogP contribution in [0.2, 0.25) is 0 Å². The van der Waals surface area contributed by atoms with Crippen molar-refractivity contribution in [3.05, 3.63) is 75.1 Å². The van der Waals surface area contributed by atoms with Gasteiger partial charge in [-0.3, -0.25) is 14.2 Å². The fourth-order valence-corrected chi connectivity index (χ4v) is 3.74. The van der Waals surface area contributed by atoms with E-state index in [1.54, 1.807) is 36.4 Å². The molecule has 4 aromatic rings. The molecule has 2 aromatic carbocycles. The van der Waals surface area contributed by atoms with Crippen molar-refractivity contribution in [1.29, 1.82) is 0 Å². The van der Waals surface area contributed by atoms with Gasteiger partial charge in [0.25, 0.3) is 5.56 Å². The zero-order valence-corrected chi connectivity index (χ0v) is 17.7. The maximum atomic E-state index is 12.8. The number of nitrogens with one attached hydrogen (secondary N) is 1. The first kappa shape index (κ1) is 20.6. The number of benzene rings is 2. The smallest absolute Gasteiger partial charge is 0.408 e. The minimum absolute atomic E-state index is 0.0267. The SMILES string of the molecule is CC(C)n1nc(CC(=O)N[C@@H](C)Cn2c(=O)oc3ccccc32)c2ccccc2c1=O. The lowest BCUT2D eigenvalue weighted by Gasteiger charge is -2.16. The van der Waals surface area contributed by atoms with Crippen LogP contribution in [0.5, 0.6) is 0 Å². The average Bonchev–Trinajstić information content (AvgIpc) is 3.05. The molecule has 2 heterocycles. The van der Waals surface area contributed by atoms with Crippen molar-refractivity contribution in [2.24, 2.45) is 0 Å². The lowest BCUT2D eigenvalue weighted by Crippen LogP contribution is -2.38. The van der Waals surface area contributed by atoms with Crippen LogP contribution in [0, 0.1) is 0 Å². The van der Waals surface area contributed by atoms with E-state index in [4.69, 9.17) is 4.42 Å². The number of rotatable bonds is 6.